The molecule has 1 fully saturated rings. The summed E-state index contributed by atoms with van der Waals surface area (Å²) in [5.41, 5.74) is 1.81. The van der Waals surface area contributed by atoms with E-state index in [-0.39, 0.29) is 11.8 Å². The molecule has 1 saturated heterocycles. The monoisotopic (exact) mass is 629 g/mol. The zero-order chi connectivity index (χ0) is 32.4. The smallest absolute Gasteiger partial charge is 0.412 e. The Morgan fingerprint density at radius 2 is 1.53 bits per heavy atom. The molecule has 0 atom stereocenters. The molecule has 0 spiro atoms. The van der Waals surface area contributed by atoms with E-state index in [1.807, 2.05) is 68.6 Å². The number of carbonyl (C=O) groups excluding carboxylic acids is 3. The molecule has 5 rings (SSSR count). The van der Waals surface area contributed by atoms with E-state index >= 15 is 0 Å². The molecule has 2 aromatic heterocycles. The second-order valence-electron chi connectivity index (χ2n) is 12.9. The number of fused-ring (bicyclic) bond motifs is 1. The van der Waals surface area contributed by atoms with Crippen LogP contribution in [0.4, 0.5) is 26.7 Å². The minimum Gasteiger partial charge on any atom is -0.444 e. The van der Waals surface area contributed by atoms with E-state index in [1.54, 1.807) is 55.3 Å². The minimum absolute atomic E-state index is 0.242. The molecule has 1 aliphatic heterocycles. The first-order valence-electron chi connectivity index (χ1n) is 14.9. The van der Waals surface area contributed by atoms with Crippen molar-refractivity contribution < 1.29 is 23.9 Å². The number of anilines is 3. The van der Waals surface area contributed by atoms with Crippen LogP contribution in [-0.2, 0) is 9.47 Å². The van der Waals surface area contributed by atoms with Gasteiger partial charge in [-0.05, 0) is 94.3 Å². The fourth-order valence-corrected chi connectivity index (χ4v) is 5.60. The van der Waals surface area contributed by atoms with Crippen molar-refractivity contribution in [3.05, 3.63) is 71.9 Å². The van der Waals surface area contributed by atoms with Gasteiger partial charge in [0.25, 0.3) is 5.91 Å². The molecule has 11 heteroatoms. The van der Waals surface area contributed by atoms with Crippen LogP contribution in [0.1, 0.15) is 52.0 Å². The van der Waals surface area contributed by atoms with Crippen LogP contribution in [0.2, 0.25) is 0 Å². The molecular weight excluding hydrogens is 590 g/mol. The number of thiophene rings is 1. The van der Waals surface area contributed by atoms with Gasteiger partial charge >= 0.3 is 12.2 Å². The van der Waals surface area contributed by atoms with Crippen LogP contribution in [0.3, 0.4) is 0 Å². The Balaban J connectivity index is 1.30. The van der Waals surface area contributed by atoms with E-state index in [4.69, 9.17) is 9.47 Å². The lowest BCUT2D eigenvalue weighted by molar-refractivity contribution is 0.0240. The van der Waals surface area contributed by atoms with Gasteiger partial charge in [0.15, 0.2) is 0 Å². The molecule has 10 nitrogen and oxygen atoms in total. The maximum absolute atomic E-state index is 13.4. The van der Waals surface area contributed by atoms with Crippen molar-refractivity contribution in [2.75, 3.05) is 41.7 Å². The topological polar surface area (TPSA) is 113 Å². The Bertz CT molecular complexity index is 1700. The highest BCUT2D eigenvalue weighted by Gasteiger charge is 2.26. The molecule has 0 bridgehead atoms. The number of benzene rings is 2. The summed E-state index contributed by atoms with van der Waals surface area (Å²) in [5.74, 6) is -0.408. The van der Waals surface area contributed by atoms with Crippen molar-refractivity contribution in [1.82, 2.24) is 9.88 Å². The minimum atomic E-state index is -0.673. The Morgan fingerprint density at radius 1 is 0.800 bits per heavy atom. The Morgan fingerprint density at radius 3 is 2.20 bits per heavy atom. The van der Waals surface area contributed by atoms with Gasteiger partial charge in [-0.3, -0.25) is 15.1 Å². The van der Waals surface area contributed by atoms with Gasteiger partial charge in [0, 0.05) is 48.3 Å². The number of hydrogen-bond acceptors (Lipinski definition) is 8. The largest absolute Gasteiger partial charge is 0.444 e. The maximum Gasteiger partial charge on any atom is 0.412 e. The van der Waals surface area contributed by atoms with E-state index in [9.17, 15) is 14.4 Å². The molecule has 1 aliphatic rings. The summed E-state index contributed by atoms with van der Waals surface area (Å²) < 4.78 is 10.9. The van der Waals surface area contributed by atoms with Gasteiger partial charge in [-0.1, -0.05) is 18.2 Å². The molecular formula is C34H39N5O5S. The Hall–Kier alpha value is -4.64. The average Bonchev–Trinajstić information content (AvgIpc) is 3.51. The number of hydrogen-bond donors (Lipinski definition) is 2. The lowest BCUT2D eigenvalue weighted by Crippen LogP contribution is -2.50. The molecule has 4 aromatic rings. The molecule has 0 aliphatic carbocycles. The number of carbonyl (C=O) groups is 3. The quantitative estimate of drug-likeness (QED) is 0.234. The zero-order valence-electron chi connectivity index (χ0n) is 26.5. The number of rotatable bonds is 5. The molecule has 3 amide bonds. The number of nitrogens with one attached hydrogen (secondary N) is 2. The zero-order valence-corrected chi connectivity index (χ0v) is 27.3. The van der Waals surface area contributed by atoms with Crippen LogP contribution in [0.25, 0.3) is 21.2 Å². The van der Waals surface area contributed by atoms with Crippen LogP contribution in [0.5, 0.6) is 0 Å². The highest BCUT2D eigenvalue weighted by atomic mass is 32.1. The number of pyridine rings is 1. The van der Waals surface area contributed by atoms with Crippen LogP contribution in [-0.4, -0.2) is 65.4 Å². The summed E-state index contributed by atoms with van der Waals surface area (Å²) in [4.78, 5) is 47.9. The van der Waals surface area contributed by atoms with Gasteiger partial charge < -0.3 is 24.6 Å². The van der Waals surface area contributed by atoms with Crippen LogP contribution < -0.4 is 15.5 Å². The molecule has 2 aromatic carbocycles. The highest BCUT2D eigenvalue weighted by molar-refractivity contribution is 7.13. The summed E-state index contributed by atoms with van der Waals surface area (Å²) in [7, 11) is 0. The SMILES string of the molecule is CC(C)(C)OC(=O)Nc1ccc(-c2cccs2)cc1NC(=O)c1cc2ccc(N3CCN(C(=O)OC(C)(C)C)CC3)cc2cn1. The van der Waals surface area contributed by atoms with Crippen LogP contribution in [0, 0.1) is 0 Å². The lowest BCUT2D eigenvalue weighted by atomic mass is 10.1. The van der Waals surface area contributed by atoms with E-state index in [0.29, 0.717) is 37.6 Å². The maximum atomic E-state index is 13.4. The predicted molar refractivity (Wildman–Crippen MR) is 179 cm³/mol. The Kier molecular flexibility index (Phi) is 9.01. The summed E-state index contributed by atoms with van der Waals surface area (Å²) in [5, 5.41) is 9.43. The normalized spacial score (nSPS) is 13.8. The van der Waals surface area contributed by atoms with Gasteiger partial charge in [-0.15, -0.1) is 11.3 Å². The number of aromatic nitrogens is 1. The summed E-state index contributed by atoms with van der Waals surface area (Å²) in [6, 6.07) is 17.2. The van der Waals surface area contributed by atoms with Crippen molar-refractivity contribution >= 4 is 57.3 Å². The first kappa shape index (κ1) is 31.8. The number of nitrogens with zero attached hydrogens (tertiary/aromatic N) is 3. The number of amides is 3. The highest BCUT2D eigenvalue weighted by Crippen LogP contribution is 2.32. The first-order valence-corrected chi connectivity index (χ1v) is 15.7. The van der Waals surface area contributed by atoms with Crippen LogP contribution >= 0.6 is 11.3 Å². The van der Waals surface area contributed by atoms with Gasteiger partial charge in [-0.25, -0.2) is 9.59 Å². The van der Waals surface area contributed by atoms with Gasteiger partial charge in [0.05, 0.1) is 11.4 Å². The molecule has 0 saturated carbocycles. The number of ether oxygens (including phenoxy) is 2. The van der Waals surface area contributed by atoms with Gasteiger partial charge in [0.1, 0.15) is 16.9 Å². The van der Waals surface area contributed by atoms with Crippen molar-refractivity contribution in [3.63, 3.8) is 0 Å². The third-order valence-corrected chi connectivity index (χ3v) is 7.86. The second-order valence-corrected chi connectivity index (χ2v) is 13.8. The second kappa shape index (κ2) is 12.8. The van der Waals surface area contributed by atoms with Gasteiger partial charge in [-0.2, -0.15) is 0 Å². The van der Waals surface area contributed by atoms with Crippen molar-refractivity contribution in [3.8, 4) is 10.4 Å². The summed E-state index contributed by atoms with van der Waals surface area (Å²) in [6.45, 7) is 13.5. The van der Waals surface area contributed by atoms with E-state index < -0.39 is 23.2 Å². The molecule has 0 radical (unpaired) electrons. The average molecular weight is 630 g/mol. The summed E-state index contributed by atoms with van der Waals surface area (Å²) >= 11 is 1.58. The van der Waals surface area contributed by atoms with Crippen molar-refractivity contribution in [1.29, 1.82) is 0 Å². The van der Waals surface area contributed by atoms with E-state index in [0.717, 1.165) is 26.9 Å². The predicted octanol–water partition coefficient (Wildman–Crippen LogP) is 7.62. The van der Waals surface area contributed by atoms with E-state index in [2.05, 4.69) is 20.5 Å². The fraction of sp³-hybridized carbons (Fsp3) is 0.353. The van der Waals surface area contributed by atoms with Crippen molar-refractivity contribution in [2.45, 2.75) is 52.7 Å². The molecule has 2 N–H and O–H groups in total. The third-order valence-electron chi connectivity index (χ3n) is 6.94. The van der Waals surface area contributed by atoms with Gasteiger partial charge in [0.2, 0.25) is 0 Å². The standard InChI is InChI=1S/C34H39N5O5S/c1-33(2,3)43-31(41)37-26-12-10-23(29-8-7-17-45-29)20-27(26)36-30(40)28-19-22-9-11-25(18-24(22)21-35-28)38-13-15-39(16-14-38)32(42)44-34(4,5)6/h7-12,17-21H,13-16H2,1-6H3,(H,36,40)(H,37,41). The number of piperazine rings is 1. The lowest BCUT2D eigenvalue weighted by Gasteiger charge is -2.36. The van der Waals surface area contributed by atoms with Crippen LogP contribution in [0.15, 0.2) is 66.2 Å². The molecule has 3 heterocycles. The molecule has 45 heavy (non-hydrogen) atoms. The van der Waals surface area contributed by atoms with Crippen molar-refractivity contribution in [2.24, 2.45) is 0 Å². The third kappa shape index (κ3) is 8.30. The van der Waals surface area contributed by atoms with E-state index in [1.165, 1.54) is 0 Å². The first-order chi connectivity index (χ1) is 21.2. The molecule has 236 valence electrons. The summed E-state index contributed by atoms with van der Waals surface area (Å²) in [6.07, 6.45) is 0.779. The fourth-order valence-electron chi connectivity index (χ4n) is 4.88. The molecule has 0 unspecified atom stereocenters. The Labute approximate surface area is 267 Å².